The van der Waals surface area contributed by atoms with E-state index in [0.717, 1.165) is 13.0 Å². The minimum atomic E-state index is -0.830. The number of rotatable bonds is 5. The van der Waals surface area contributed by atoms with Gasteiger partial charge in [-0.1, -0.05) is 6.92 Å². The van der Waals surface area contributed by atoms with Crippen LogP contribution in [0.3, 0.4) is 0 Å². The van der Waals surface area contributed by atoms with Gasteiger partial charge >= 0.3 is 0 Å². The van der Waals surface area contributed by atoms with Crippen LogP contribution in [0.1, 0.15) is 40.0 Å². The largest absolute Gasteiger partial charge is 0.350 e. The van der Waals surface area contributed by atoms with Gasteiger partial charge in [-0.05, 0) is 26.7 Å². The van der Waals surface area contributed by atoms with Gasteiger partial charge < -0.3 is 16.0 Å². The summed E-state index contributed by atoms with van der Waals surface area (Å²) in [5, 5.41) is 2.86. The van der Waals surface area contributed by atoms with Crippen molar-refractivity contribution in [2.24, 2.45) is 5.73 Å². The molecule has 2 unspecified atom stereocenters. The molecule has 17 heavy (non-hydrogen) atoms. The van der Waals surface area contributed by atoms with Crippen LogP contribution in [-0.2, 0) is 9.59 Å². The number of nitrogens with zero attached hydrogens (tertiary/aromatic N) is 1. The molecule has 1 aliphatic heterocycles. The van der Waals surface area contributed by atoms with Crippen molar-refractivity contribution in [2.45, 2.75) is 51.6 Å². The number of nitrogens with two attached hydrogens (primary N) is 1. The molecule has 1 saturated heterocycles. The average Bonchev–Trinajstić information content (AvgIpc) is 2.64. The van der Waals surface area contributed by atoms with E-state index in [1.807, 2.05) is 13.8 Å². The first kappa shape index (κ1) is 14.0. The molecule has 0 bridgehead atoms. The van der Waals surface area contributed by atoms with Gasteiger partial charge in [0.25, 0.3) is 0 Å². The topological polar surface area (TPSA) is 75.4 Å². The Morgan fingerprint density at radius 3 is 2.76 bits per heavy atom. The van der Waals surface area contributed by atoms with Crippen molar-refractivity contribution in [2.75, 3.05) is 13.1 Å². The molecule has 0 aromatic rings. The van der Waals surface area contributed by atoms with Gasteiger partial charge in [0.15, 0.2) is 0 Å². The molecule has 0 aliphatic carbocycles. The highest BCUT2D eigenvalue weighted by Crippen LogP contribution is 2.10. The summed E-state index contributed by atoms with van der Waals surface area (Å²) in [7, 11) is 0. The molecule has 1 aliphatic rings. The Morgan fingerprint density at radius 1 is 1.65 bits per heavy atom. The lowest BCUT2D eigenvalue weighted by Crippen LogP contribution is -2.55. The third-order valence-corrected chi connectivity index (χ3v) is 3.30. The van der Waals surface area contributed by atoms with E-state index in [4.69, 9.17) is 5.73 Å². The maximum atomic E-state index is 11.8. The zero-order valence-electron chi connectivity index (χ0n) is 11.0. The van der Waals surface area contributed by atoms with Crippen molar-refractivity contribution in [3.05, 3.63) is 0 Å². The Bertz CT molecular complexity index is 302. The quantitative estimate of drug-likeness (QED) is 0.724. The second kappa shape index (κ2) is 5.49. The second-order valence-corrected chi connectivity index (χ2v) is 5.09. The fourth-order valence-corrected chi connectivity index (χ4v) is 1.82. The second-order valence-electron chi connectivity index (χ2n) is 5.09. The molecule has 0 aromatic carbocycles. The van der Waals surface area contributed by atoms with Gasteiger partial charge in [0.05, 0.1) is 5.54 Å². The SMILES string of the molecule is CCC(C)(N)C(=O)NC(C)CN1CCCC1=O. The van der Waals surface area contributed by atoms with Crippen LogP contribution >= 0.6 is 0 Å². The Labute approximate surface area is 103 Å². The molecule has 3 N–H and O–H groups in total. The van der Waals surface area contributed by atoms with Gasteiger partial charge in [-0.25, -0.2) is 0 Å². The number of carbonyl (C=O) groups is 2. The molecule has 5 heteroatoms. The van der Waals surface area contributed by atoms with Gasteiger partial charge in [0.1, 0.15) is 0 Å². The number of amides is 2. The standard InChI is InChI=1S/C12H23N3O2/c1-4-12(3,13)11(17)14-9(2)8-15-7-5-6-10(15)16/h9H,4-8,13H2,1-3H3,(H,14,17). The molecule has 2 amide bonds. The molecule has 98 valence electrons. The van der Waals surface area contributed by atoms with Crippen molar-refractivity contribution in [1.82, 2.24) is 10.2 Å². The summed E-state index contributed by atoms with van der Waals surface area (Å²) in [5.41, 5.74) is 5.02. The zero-order chi connectivity index (χ0) is 13.1. The highest BCUT2D eigenvalue weighted by Gasteiger charge is 2.28. The van der Waals surface area contributed by atoms with Crippen molar-refractivity contribution < 1.29 is 9.59 Å². The molecule has 1 heterocycles. The molecular weight excluding hydrogens is 218 g/mol. The van der Waals surface area contributed by atoms with Crippen molar-refractivity contribution in [3.8, 4) is 0 Å². The van der Waals surface area contributed by atoms with Gasteiger partial charge in [-0.3, -0.25) is 9.59 Å². The monoisotopic (exact) mass is 241 g/mol. The predicted octanol–water partition coefficient (Wildman–Crippen LogP) is 0.241. The van der Waals surface area contributed by atoms with E-state index in [0.29, 0.717) is 19.4 Å². The normalized spacial score (nSPS) is 21.2. The van der Waals surface area contributed by atoms with E-state index >= 15 is 0 Å². The first-order valence-corrected chi connectivity index (χ1v) is 6.24. The van der Waals surface area contributed by atoms with E-state index in [9.17, 15) is 9.59 Å². The molecule has 5 nitrogen and oxygen atoms in total. The fourth-order valence-electron chi connectivity index (χ4n) is 1.82. The van der Waals surface area contributed by atoms with Crippen LogP contribution in [0, 0.1) is 0 Å². The summed E-state index contributed by atoms with van der Waals surface area (Å²) in [6.07, 6.45) is 2.14. The number of carbonyl (C=O) groups excluding carboxylic acids is 2. The Balaban J connectivity index is 2.41. The van der Waals surface area contributed by atoms with Crippen LogP contribution < -0.4 is 11.1 Å². The predicted molar refractivity (Wildman–Crippen MR) is 66.3 cm³/mol. The number of hydrogen-bond acceptors (Lipinski definition) is 3. The smallest absolute Gasteiger partial charge is 0.240 e. The molecule has 1 fully saturated rings. The first-order valence-electron chi connectivity index (χ1n) is 6.24. The summed E-state index contributed by atoms with van der Waals surface area (Å²) >= 11 is 0. The third kappa shape index (κ3) is 3.70. The van der Waals surface area contributed by atoms with Gasteiger partial charge in [-0.2, -0.15) is 0 Å². The first-order chi connectivity index (χ1) is 7.86. The fraction of sp³-hybridized carbons (Fsp3) is 0.833. The number of hydrogen-bond donors (Lipinski definition) is 2. The van der Waals surface area contributed by atoms with E-state index in [2.05, 4.69) is 5.32 Å². The molecular formula is C12H23N3O2. The molecule has 0 aromatic heterocycles. The molecule has 0 radical (unpaired) electrons. The summed E-state index contributed by atoms with van der Waals surface area (Å²) in [4.78, 5) is 25.1. The van der Waals surface area contributed by atoms with E-state index in [1.165, 1.54) is 0 Å². The van der Waals surface area contributed by atoms with Crippen LogP contribution in [0.25, 0.3) is 0 Å². The van der Waals surface area contributed by atoms with Crippen molar-refractivity contribution >= 4 is 11.8 Å². The summed E-state index contributed by atoms with van der Waals surface area (Å²) in [6, 6.07) is -0.0565. The lowest BCUT2D eigenvalue weighted by molar-refractivity contribution is -0.130. The Hall–Kier alpha value is -1.10. The van der Waals surface area contributed by atoms with E-state index in [1.54, 1.807) is 11.8 Å². The Morgan fingerprint density at radius 2 is 2.29 bits per heavy atom. The minimum Gasteiger partial charge on any atom is -0.350 e. The van der Waals surface area contributed by atoms with Crippen LogP contribution in [0.2, 0.25) is 0 Å². The highest BCUT2D eigenvalue weighted by molar-refractivity contribution is 5.85. The van der Waals surface area contributed by atoms with Gasteiger partial charge in [0, 0.05) is 25.6 Å². The van der Waals surface area contributed by atoms with Crippen LogP contribution in [0.4, 0.5) is 0 Å². The molecule has 0 spiro atoms. The lowest BCUT2D eigenvalue weighted by Gasteiger charge is -2.27. The van der Waals surface area contributed by atoms with Crippen molar-refractivity contribution in [1.29, 1.82) is 0 Å². The average molecular weight is 241 g/mol. The maximum absolute atomic E-state index is 11.8. The summed E-state index contributed by atoms with van der Waals surface area (Å²) < 4.78 is 0. The maximum Gasteiger partial charge on any atom is 0.240 e. The zero-order valence-corrected chi connectivity index (χ0v) is 11.0. The molecule has 1 rings (SSSR count). The third-order valence-electron chi connectivity index (χ3n) is 3.30. The number of likely N-dealkylation sites (tertiary alicyclic amines) is 1. The molecule has 0 saturated carbocycles. The number of nitrogens with one attached hydrogen (secondary N) is 1. The van der Waals surface area contributed by atoms with Crippen LogP contribution in [0.15, 0.2) is 0 Å². The van der Waals surface area contributed by atoms with Crippen LogP contribution in [0.5, 0.6) is 0 Å². The van der Waals surface area contributed by atoms with Gasteiger partial charge in [-0.15, -0.1) is 0 Å². The summed E-state index contributed by atoms with van der Waals surface area (Å²) in [5.74, 6) is 0.0243. The minimum absolute atomic E-state index is 0.0565. The van der Waals surface area contributed by atoms with Crippen LogP contribution in [-0.4, -0.2) is 41.4 Å². The van der Waals surface area contributed by atoms with E-state index in [-0.39, 0.29) is 17.9 Å². The Kier molecular flexibility index (Phi) is 4.51. The highest BCUT2D eigenvalue weighted by atomic mass is 16.2. The summed E-state index contributed by atoms with van der Waals surface area (Å²) in [6.45, 7) is 6.87. The van der Waals surface area contributed by atoms with Gasteiger partial charge in [0.2, 0.25) is 11.8 Å². The lowest BCUT2D eigenvalue weighted by atomic mass is 9.99. The van der Waals surface area contributed by atoms with E-state index < -0.39 is 5.54 Å². The van der Waals surface area contributed by atoms with Crippen molar-refractivity contribution in [3.63, 3.8) is 0 Å². The molecule has 2 atom stereocenters.